The maximum atomic E-state index is 6.68. The van der Waals surface area contributed by atoms with Crippen molar-refractivity contribution in [1.82, 2.24) is 9.88 Å². The Kier molecular flexibility index (Phi) is 6.89. The molecular weight excluding hydrogens is 701 g/mol. The van der Waals surface area contributed by atoms with E-state index in [0.29, 0.717) is 5.84 Å². The minimum Gasteiger partial charge on any atom is -0.456 e. The summed E-state index contributed by atoms with van der Waals surface area (Å²) in [4.78, 5) is 10.1. The molecule has 0 aliphatic carbocycles. The van der Waals surface area contributed by atoms with Crippen LogP contribution in [0.1, 0.15) is 22.9 Å². The fourth-order valence-electron chi connectivity index (χ4n) is 8.56. The van der Waals surface area contributed by atoms with Crippen molar-refractivity contribution in [2.75, 3.05) is 0 Å². The van der Waals surface area contributed by atoms with Crippen molar-refractivity contribution in [1.29, 1.82) is 0 Å². The van der Waals surface area contributed by atoms with Crippen molar-refractivity contribution in [3.63, 3.8) is 0 Å². The highest BCUT2D eigenvalue weighted by molar-refractivity contribution is 6.17. The standard InChI is InChI=1S/C51H32N4O2/c1-3-12-31(13-4-1)49-52-50(32-14-5-2-6-15-32)54-51(53-49)34-23-26-47-40(29-34)39-19-11-18-36(48(39)57-47)33-22-25-45-41(28-33)42-30-35(24-27-46(42)56-45)55-43-20-9-7-16-37(43)38-17-8-10-21-44(38)55/h1-30,49H,(H,52,53,54). The predicted octanol–water partition coefficient (Wildman–Crippen LogP) is 12.7. The molecule has 1 aliphatic heterocycles. The fraction of sp³-hybridized carbons (Fsp3) is 0.0196. The van der Waals surface area contributed by atoms with Crippen LogP contribution in [0.4, 0.5) is 0 Å². The molecule has 0 amide bonds. The molecule has 6 nitrogen and oxygen atoms in total. The molecule has 0 radical (unpaired) electrons. The summed E-state index contributed by atoms with van der Waals surface area (Å²) >= 11 is 0. The Morgan fingerprint density at radius 1 is 0.456 bits per heavy atom. The second kappa shape index (κ2) is 12.4. The zero-order valence-corrected chi connectivity index (χ0v) is 30.6. The van der Waals surface area contributed by atoms with E-state index < -0.39 is 0 Å². The van der Waals surface area contributed by atoms with E-state index in [9.17, 15) is 0 Å². The summed E-state index contributed by atoms with van der Waals surface area (Å²) in [7, 11) is 0. The molecule has 12 rings (SSSR count). The molecule has 1 aliphatic rings. The number of aliphatic imine (C=N–C) groups is 2. The summed E-state index contributed by atoms with van der Waals surface area (Å²) in [6.07, 6.45) is -0.274. The zero-order valence-electron chi connectivity index (χ0n) is 30.6. The first-order valence-corrected chi connectivity index (χ1v) is 19.2. The van der Waals surface area contributed by atoms with Crippen molar-refractivity contribution >= 4 is 77.4 Å². The number of hydrogen-bond donors (Lipinski definition) is 1. The second-order valence-corrected chi connectivity index (χ2v) is 14.6. The fourth-order valence-corrected chi connectivity index (χ4v) is 8.56. The maximum Gasteiger partial charge on any atom is 0.159 e. The van der Waals surface area contributed by atoms with Gasteiger partial charge < -0.3 is 18.7 Å². The third kappa shape index (κ3) is 5.04. The lowest BCUT2D eigenvalue weighted by molar-refractivity contribution is 0.668. The number of fused-ring (bicyclic) bond motifs is 9. The monoisotopic (exact) mass is 732 g/mol. The van der Waals surface area contributed by atoms with Gasteiger partial charge in [-0.15, -0.1) is 0 Å². The van der Waals surface area contributed by atoms with Gasteiger partial charge in [-0.2, -0.15) is 0 Å². The third-order valence-electron chi connectivity index (χ3n) is 11.3. The highest BCUT2D eigenvalue weighted by Crippen LogP contribution is 2.40. The Morgan fingerprint density at radius 2 is 1.05 bits per heavy atom. The minimum absolute atomic E-state index is 0.274. The first kappa shape index (κ1) is 31.6. The molecule has 0 bridgehead atoms. The van der Waals surface area contributed by atoms with Crippen LogP contribution in [0.5, 0.6) is 0 Å². The molecule has 0 saturated carbocycles. The summed E-state index contributed by atoms with van der Waals surface area (Å²) < 4.78 is 15.4. The van der Waals surface area contributed by atoms with Crippen molar-refractivity contribution < 1.29 is 8.83 Å². The Balaban J connectivity index is 0.965. The van der Waals surface area contributed by atoms with Crippen LogP contribution in [-0.2, 0) is 0 Å². The number of aromatic nitrogens is 1. The topological polar surface area (TPSA) is 68.0 Å². The van der Waals surface area contributed by atoms with Gasteiger partial charge in [-0.3, -0.25) is 0 Å². The lowest BCUT2D eigenvalue weighted by Gasteiger charge is -2.23. The van der Waals surface area contributed by atoms with Gasteiger partial charge in [-0.1, -0.05) is 121 Å². The number of nitrogens with one attached hydrogen (secondary N) is 1. The van der Waals surface area contributed by atoms with Gasteiger partial charge in [0.1, 0.15) is 34.3 Å². The van der Waals surface area contributed by atoms with Crippen LogP contribution in [0.2, 0.25) is 0 Å². The molecule has 0 spiro atoms. The van der Waals surface area contributed by atoms with E-state index in [4.69, 9.17) is 18.8 Å². The number of amidine groups is 2. The molecule has 3 aromatic heterocycles. The van der Waals surface area contributed by atoms with Gasteiger partial charge in [0.15, 0.2) is 5.84 Å². The molecule has 6 heteroatoms. The normalized spacial score (nSPS) is 14.5. The molecule has 0 fully saturated rings. The molecule has 4 heterocycles. The molecular formula is C51H32N4O2. The Bertz CT molecular complexity index is 3390. The number of benzene rings is 8. The SMILES string of the molecule is c1ccc(C2=NC(c3ccccc3)NC(c3ccc4oc5c(-c6ccc7oc8ccc(-n9c%10ccccc%10c%10ccccc%109)cc8c7c6)cccc5c4c3)=N2)cc1. The van der Waals surface area contributed by atoms with E-state index in [-0.39, 0.29) is 6.17 Å². The first-order valence-electron chi connectivity index (χ1n) is 19.2. The number of rotatable bonds is 5. The van der Waals surface area contributed by atoms with Crippen LogP contribution in [0.25, 0.3) is 82.5 Å². The second-order valence-electron chi connectivity index (χ2n) is 14.6. The van der Waals surface area contributed by atoms with Crippen molar-refractivity contribution in [2.24, 2.45) is 9.98 Å². The number of nitrogens with zero attached hydrogens (tertiary/aromatic N) is 3. The smallest absolute Gasteiger partial charge is 0.159 e. The highest BCUT2D eigenvalue weighted by atomic mass is 16.3. The summed E-state index contributed by atoms with van der Waals surface area (Å²) in [6.45, 7) is 0. The van der Waals surface area contributed by atoms with Gasteiger partial charge in [-0.25, -0.2) is 9.98 Å². The summed E-state index contributed by atoms with van der Waals surface area (Å²) in [5.74, 6) is 1.46. The van der Waals surface area contributed by atoms with Crippen LogP contribution >= 0.6 is 0 Å². The first-order chi connectivity index (χ1) is 28.2. The number of para-hydroxylation sites is 3. The van der Waals surface area contributed by atoms with Crippen LogP contribution in [0.3, 0.4) is 0 Å². The van der Waals surface area contributed by atoms with Gasteiger partial charge in [0.25, 0.3) is 0 Å². The number of furan rings is 2. The van der Waals surface area contributed by atoms with Crippen LogP contribution in [0, 0.1) is 0 Å². The molecule has 8 aromatic carbocycles. The maximum absolute atomic E-state index is 6.68. The van der Waals surface area contributed by atoms with E-state index in [0.717, 1.165) is 83.2 Å². The molecule has 0 saturated heterocycles. The summed E-state index contributed by atoms with van der Waals surface area (Å²) in [5, 5.41) is 10.3. The third-order valence-corrected chi connectivity index (χ3v) is 11.3. The molecule has 1 N–H and O–H groups in total. The Hall–Kier alpha value is -7.70. The zero-order chi connectivity index (χ0) is 37.5. The average molecular weight is 733 g/mol. The van der Waals surface area contributed by atoms with Gasteiger partial charge in [0.2, 0.25) is 0 Å². The number of hydrogen-bond acceptors (Lipinski definition) is 5. The van der Waals surface area contributed by atoms with Gasteiger partial charge >= 0.3 is 0 Å². The molecule has 1 unspecified atom stereocenters. The van der Waals surface area contributed by atoms with E-state index >= 15 is 0 Å². The van der Waals surface area contributed by atoms with Gasteiger partial charge in [0, 0.05) is 54.7 Å². The average Bonchev–Trinajstić information content (AvgIpc) is 3.95. The van der Waals surface area contributed by atoms with Crippen molar-refractivity contribution in [3.05, 3.63) is 199 Å². The Morgan fingerprint density at radius 3 is 1.82 bits per heavy atom. The predicted molar refractivity (Wildman–Crippen MR) is 233 cm³/mol. The molecule has 57 heavy (non-hydrogen) atoms. The Labute approximate surface area is 326 Å². The van der Waals surface area contributed by atoms with E-state index in [1.165, 1.54) is 21.8 Å². The molecule has 1 atom stereocenters. The van der Waals surface area contributed by atoms with Crippen molar-refractivity contribution in [3.8, 4) is 16.8 Å². The quantitative estimate of drug-likeness (QED) is 0.192. The van der Waals surface area contributed by atoms with Gasteiger partial charge in [0.05, 0.1) is 11.0 Å². The van der Waals surface area contributed by atoms with Crippen LogP contribution in [-0.4, -0.2) is 16.2 Å². The van der Waals surface area contributed by atoms with Crippen LogP contribution in [0.15, 0.2) is 201 Å². The lowest BCUT2D eigenvalue weighted by atomic mass is 9.99. The van der Waals surface area contributed by atoms with Crippen molar-refractivity contribution in [2.45, 2.75) is 6.17 Å². The van der Waals surface area contributed by atoms with E-state index in [2.05, 4.69) is 149 Å². The summed E-state index contributed by atoms with van der Waals surface area (Å²) in [5.41, 5.74) is 11.9. The molecule has 268 valence electrons. The van der Waals surface area contributed by atoms with E-state index in [1.54, 1.807) is 0 Å². The largest absolute Gasteiger partial charge is 0.456 e. The summed E-state index contributed by atoms with van der Waals surface area (Å²) in [6, 6.07) is 63.3. The lowest BCUT2D eigenvalue weighted by Crippen LogP contribution is -2.33. The minimum atomic E-state index is -0.274. The molecule has 11 aromatic rings. The van der Waals surface area contributed by atoms with Crippen LogP contribution < -0.4 is 5.32 Å². The van der Waals surface area contributed by atoms with E-state index in [1.807, 2.05) is 42.5 Å². The van der Waals surface area contributed by atoms with Gasteiger partial charge in [-0.05, 0) is 71.8 Å². The highest BCUT2D eigenvalue weighted by Gasteiger charge is 2.23.